The minimum absolute atomic E-state index is 0.144. The number of hydrogen-bond donors (Lipinski definition) is 3. The Morgan fingerprint density at radius 3 is 2.12 bits per heavy atom. The predicted molar refractivity (Wildman–Crippen MR) is 202 cm³/mol. The number of carbonyl (C=O) groups excluding carboxylic acids is 3. The van der Waals surface area contributed by atoms with Gasteiger partial charge in [-0.2, -0.15) is 0 Å². The summed E-state index contributed by atoms with van der Waals surface area (Å²) in [5.74, 6) is 0.735. The van der Waals surface area contributed by atoms with Crippen LogP contribution in [0.1, 0.15) is 55.7 Å². The predicted octanol–water partition coefficient (Wildman–Crippen LogP) is 4.19. The fraction of sp³-hybridized carbons (Fsp3) is 0.488. The summed E-state index contributed by atoms with van der Waals surface area (Å²) in [4.78, 5) is 44.8. The van der Waals surface area contributed by atoms with Crippen molar-refractivity contribution in [3.63, 3.8) is 0 Å². The highest BCUT2D eigenvalue weighted by atomic mass is 16.5. The second-order valence-corrected chi connectivity index (χ2v) is 13.3. The number of ether oxygens (including phenoxy) is 3. The zero-order valence-electron chi connectivity index (χ0n) is 31.1. The maximum Gasteiger partial charge on any atom is 0.244 e. The molecule has 3 unspecified atom stereocenters. The van der Waals surface area contributed by atoms with Crippen LogP contribution in [0, 0.1) is 0 Å². The fourth-order valence-corrected chi connectivity index (χ4v) is 6.63. The van der Waals surface area contributed by atoms with Gasteiger partial charge in [0.2, 0.25) is 23.5 Å². The highest BCUT2D eigenvalue weighted by Crippen LogP contribution is 2.38. The summed E-state index contributed by atoms with van der Waals surface area (Å²) in [6, 6.07) is 22.0. The molecule has 3 aromatic carbocycles. The number of methoxy groups -OCH3 is 3. The molecule has 1 fully saturated rings. The average Bonchev–Trinajstić information content (AvgIpc) is 3.17. The summed E-state index contributed by atoms with van der Waals surface area (Å²) in [7, 11) is 4.65. The number of carbonyl (C=O) groups is 3. The Labute approximate surface area is 308 Å². The molecule has 11 nitrogen and oxygen atoms in total. The number of unbranched alkanes of at least 4 members (excludes halogenated alkanes) is 1. The van der Waals surface area contributed by atoms with E-state index in [1.165, 1.54) is 5.56 Å². The van der Waals surface area contributed by atoms with E-state index in [1.807, 2.05) is 67.6 Å². The minimum atomic E-state index is -1.12. The minimum Gasteiger partial charge on any atom is -0.493 e. The van der Waals surface area contributed by atoms with Crippen LogP contribution in [0.15, 0.2) is 72.8 Å². The zero-order valence-corrected chi connectivity index (χ0v) is 31.1. The molecule has 4 rings (SSSR count). The highest BCUT2D eigenvalue weighted by molar-refractivity contribution is 5.88. The Bertz CT molecular complexity index is 1530. The Balaban J connectivity index is 1.51. The van der Waals surface area contributed by atoms with E-state index in [0.717, 1.165) is 43.4 Å². The van der Waals surface area contributed by atoms with Crippen molar-refractivity contribution >= 4 is 17.7 Å². The van der Waals surface area contributed by atoms with Crippen molar-refractivity contribution in [1.29, 1.82) is 0 Å². The van der Waals surface area contributed by atoms with E-state index < -0.39 is 18.2 Å². The molecular weight excluding hydrogens is 660 g/mol. The van der Waals surface area contributed by atoms with E-state index in [0.29, 0.717) is 56.3 Å². The van der Waals surface area contributed by atoms with Gasteiger partial charge in [0.25, 0.3) is 0 Å². The fourth-order valence-electron chi connectivity index (χ4n) is 6.63. The lowest BCUT2D eigenvalue weighted by Crippen LogP contribution is -2.62. The van der Waals surface area contributed by atoms with Gasteiger partial charge in [-0.15, -0.1) is 0 Å². The first-order chi connectivity index (χ1) is 25.3. The van der Waals surface area contributed by atoms with E-state index in [2.05, 4.69) is 27.7 Å². The standard InChI is InChI=1S/C41H56N4O7/c1-5-6-21-42-38(47)28-35(46)33(25-31-16-11-8-12-17-31)43-41(49)34-29-44(22-13-18-30-14-9-7-10-15-30)23-24-45(34)39(48)20-19-32-26-36(50-2)40(52-4)37(27-32)51-3/h7-12,14-17,26-27,33-35,46H,5-6,13,18-25,28-29H2,1-4H3,(H,42,47)(H,43,49). The van der Waals surface area contributed by atoms with E-state index in [-0.39, 0.29) is 30.6 Å². The van der Waals surface area contributed by atoms with Crippen LogP contribution in [-0.2, 0) is 33.6 Å². The maximum atomic E-state index is 14.3. The molecule has 52 heavy (non-hydrogen) atoms. The van der Waals surface area contributed by atoms with Gasteiger partial charge >= 0.3 is 0 Å². The summed E-state index contributed by atoms with van der Waals surface area (Å²) in [6.07, 6.45) is 3.26. The van der Waals surface area contributed by atoms with Crippen LogP contribution >= 0.6 is 0 Å². The zero-order chi connectivity index (χ0) is 37.3. The number of benzene rings is 3. The number of nitrogens with one attached hydrogen (secondary N) is 2. The molecule has 0 saturated carbocycles. The number of amides is 3. The molecule has 1 aliphatic heterocycles. The summed E-state index contributed by atoms with van der Waals surface area (Å²) < 4.78 is 16.5. The SMILES string of the molecule is CCCCNC(=O)CC(O)C(Cc1ccccc1)NC(=O)C1CN(CCCc2ccccc2)CCN1C(=O)CCc1cc(OC)c(OC)c(OC)c1. The van der Waals surface area contributed by atoms with E-state index >= 15 is 0 Å². The number of rotatable bonds is 20. The van der Waals surface area contributed by atoms with Crippen LogP contribution < -0.4 is 24.8 Å². The Morgan fingerprint density at radius 1 is 0.846 bits per heavy atom. The number of aliphatic hydroxyl groups excluding tert-OH is 1. The lowest BCUT2D eigenvalue weighted by atomic mass is 9.98. The van der Waals surface area contributed by atoms with Crippen LogP contribution in [0.2, 0.25) is 0 Å². The van der Waals surface area contributed by atoms with E-state index in [1.54, 1.807) is 26.2 Å². The number of aliphatic hydroxyl groups is 1. The van der Waals surface area contributed by atoms with Gasteiger partial charge in [-0.25, -0.2) is 0 Å². The van der Waals surface area contributed by atoms with Gasteiger partial charge in [-0.3, -0.25) is 19.3 Å². The Kier molecular flexibility index (Phi) is 16.3. The van der Waals surface area contributed by atoms with Gasteiger partial charge in [-0.05, 0) is 67.5 Å². The summed E-state index contributed by atoms with van der Waals surface area (Å²) >= 11 is 0. The van der Waals surface area contributed by atoms with Crippen molar-refractivity contribution in [3.8, 4) is 17.2 Å². The molecule has 0 spiro atoms. The first-order valence-corrected chi connectivity index (χ1v) is 18.4. The largest absolute Gasteiger partial charge is 0.493 e. The Morgan fingerprint density at radius 2 is 1.50 bits per heavy atom. The van der Waals surface area contributed by atoms with Crippen LogP contribution in [0.5, 0.6) is 17.2 Å². The van der Waals surface area contributed by atoms with Crippen molar-refractivity contribution in [3.05, 3.63) is 89.5 Å². The van der Waals surface area contributed by atoms with Crippen LogP contribution in [0.3, 0.4) is 0 Å². The molecular formula is C41H56N4O7. The first-order valence-electron chi connectivity index (χ1n) is 18.4. The van der Waals surface area contributed by atoms with Crippen LogP contribution in [-0.4, -0.2) is 105 Å². The quantitative estimate of drug-likeness (QED) is 0.149. The maximum absolute atomic E-state index is 14.3. The third kappa shape index (κ3) is 12.0. The van der Waals surface area contributed by atoms with E-state index in [4.69, 9.17) is 14.2 Å². The van der Waals surface area contributed by atoms with Gasteiger partial charge in [-0.1, -0.05) is 74.0 Å². The van der Waals surface area contributed by atoms with Gasteiger partial charge in [0.15, 0.2) is 11.5 Å². The van der Waals surface area contributed by atoms with Crippen molar-refractivity contribution in [2.24, 2.45) is 0 Å². The summed E-state index contributed by atoms with van der Waals surface area (Å²) in [5, 5.41) is 17.3. The summed E-state index contributed by atoms with van der Waals surface area (Å²) in [6.45, 7) is 4.75. The number of piperazine rings is 1. The molecule has 3 amide bonds. The number of nitrogens with zero attached hydrogens (tertiary/aromatic N) is 2. The second-order valence-electron chi connectivity index (χ2n) is 13.3. The molecule has 0 bridgehead atoms. The molecule has 0 radical (unpaired) electrons. The second kappa shape index (κ2) is 21.0. The molecule has 3 atom stereocenters. The molecule has 3 aromatic rings. The Hall–Kier alpha value is -4.61. The van der Waals surface area contributed by atoms with Gasteiger partial charge < -0.3 is 34.9 Å². The summed E-state index contributed by atoms with van der Waals surface area (Å²) in [5.41, 5.74) is 3.02. The third-order valence-electron chi connectivity index (χ3n) is 9.56. The van der Waals surface area contributed by atoms with Crippen LogP contribution in [0.25, 0.3) is 0 Å². The van der Waals surface area contributed by atoms with Crippen molar-refractivity contribution in [2.45, 2.75) is 76.5 Å². The molecule has 1 saturated heterocycles. The van der Waals surface area contributed by atoms with Crippen molar-refractivity contribution < 1.29 is 33.7 Å². The normalized spacial score (nSPS) is 15.7. The first kappa shape index (κ1) is 40.2. The van der Waals surface area contributed by atoms with Crippen molar-refractivity contribution in [1.82, 2.24) is 20.4 Å². The highest BCUT2D eigenvalue weighted by Gasteiger charge is 2.37. The number of hydrogen-bond acceptors (Lipinski definition) is 8. The molecule has 0 aliphatic carbocycles. The van der Waals surface area contributed by atoms with Gasteiger partial charge in [0.05, 0.1) is 39.9 Å². The van der Waals surface area contributed by atoms with Gasteiger partial charge in [0.1, 0.15) is 6.04 Å². The molecule has 282 valence electrons. The third-order valence-corrected chi connectivity index (χ3v) is 9.56. The van der Waals surface area contributed by atoms with Crippen molar-refractivity contribution in [2.75, 3.05) is 54.1 Å². The molecule has 1 aliphatic rings. The molecule has 0 aromatic heterocycles. The topological polar surface area (TPSA) is 130 Å². The lowest BCUT2D eigenvalue weighted by Gasteiger charge is -2.41. The van der Waals surface area contributed by atoms with Gasteiger partial charge in [0, 0.05) is 32.6 Å². The molecule has 11 heteroatoms. The average molecular weight is 717 g/mol. The monoisotopic (exact) mass is 716 g/mol. The molecule has 3 N–H and O–H groups in total. The van der Waals surface area contributed by atoms with Crippen LogP contribution in [0.4, 0.5) is 0 Å². The van der Waals surface area contributed by atoms with E-state index in [9.17, 15) is 19.5 Å². The molecule has 1 heterocycles. The smallest absolute Gasteiger partial charge is 0.244 e. The number of aryl methyl sites for hydroxylation is 2. The lowest BCUT2D eigenvalue weighted by molar-refractivity contribution is -0.144.